The Morgan fingerprint density at radius 1 is 1.17 bits per heavy atom. The smallest absolute Gasteiger partial charge is 0.225 e. The summed E-state index contributed by atoms with van der Waals surface area (Å²) >= 11 is 0. The molecule has 0 aromatic heterocycles. The van der Waals surface area contributed by atoms with Crippen LogP contribution in [0.25, 0.3) is 0 Å². The highest BCUT2D eigenvalue weighted by Gasteiger charge is 2.24. The van der Waals surface area contributed by atoms with Crippen LogP contribution in [0.1, 0.15) is 31.7 Å². The number of anilines is 2. The second-order valence-corrected chi connectivity index (χ2v) is 7.43. The van der Waals surface area contributed by atoms with Gasteiger partial charge in [-0.1, -0.05) is 36.4 Å². The van der Waals surface area contributed by atoms with Gasteiger partial charge in [-0.05, 0) is 37.6 Å². The number of halogens is 1. The minimum Gasteiger partial charge on any atom is -0.370 e. The molecule has 0 saturated carbocycles. The van der Waals surface area contributed by atoms with E-state index in [9.17, 15) is 4.79 Å². The number of carbonyl (C=O) groups is 1. The first-order chi connectivity index (χ1) is 14.1. The van der Waals surface area contributed by atoms with Gasteiger partial charge in [-0.15, -0.1) is 24.0 Å². The minimum atomic E-state index is 0. The quantitative estimate of drug-likeness (QED) is 0.295. The van der Waals surface area contributed by atoms with E-state index in [0.717, 1.165) is 18.2 Å². The zero-order valence-electron chi connectivity index (χ0n) is 17.9. The lowest BCUT2D eigenvalue weighted by Gasteiger charge is -2.27. The van der Waals surface area contributed by atoms with Crippen LogP contribution >= 0.6 is 24.0 Å². The van der Waals surface area contributed by atoms with Gasteiger partial charge in [0.15, 0.2) is 5.96 Å². The summed E-state index contributed by atoms with van der Waals surface area (Å²) in [4.78, 5) is 19.0. The second kappa shape index (κ2) is 11.8. The molecule has 0 saturated heterocycles. The van der Waals surface area contributed by atoms with Crippen molar-refractivity contribution in [1.82, 2.24) is 10.6 Å². The highest BCUT2D eigenvalue weighted by molar-refractivity contribution is 14.0. The van der Waals surface area contributed by atoms with Crippen LogP contribution in [0.3, 0.4) is 0 Å². The fourth-order valence-electron chi connectivity index (χ4n) is 3.51. The van der Waals surface area contributed by atoms with Gasteiger partial charge in [0, 0.05) is 49.9 Å². The Hall–Kier alpha value is -2.29. The lowest BCUT2D eigenvalue weighted by atomic mass is 9.90. The van der Waals surface area contributed by atoms with Gasteiger partial charge in [0.25, 0.3) is 0 Å². The largest absolute Gasteiger partial charge is 0.370 e. The van der Waals surface area contributed by atoms with Gasteiger partial charge in [-0.3, -0.25) is 9.79 Å². The monoisotopic (exact) mass is 521 g/mol. The maximum atomic E-state index is 12.0. The maximum absolute atomic E-state index is 12.0. The van der Waals surface area contributed by atoms with Crippen LogP contribution in [0, 0.1) is 0 Å². The predicted octanol–water partition coefficient (Wildman–Crippen LogP) is 3.81. The highest BCUT2D eigenvalue weighted by Crippen LogP contribution is 2.31. The summed E-state index contributed by atoms with van der Waals surface area (Å²) in [6.45, 7) is 6.35. The van der Waals surface area contributed by atoms with E-state index in [4.69, 9.17) is 4.99 Å². The molecule has 1 aliphatic heterocycles. The van der Waals surface area contributed by atoms with Gasteiger partial charge in [0.05, 0.1) is 6.54 Å². The standard InChI is InChI=1S/C23H31N5O.HI/c1-4-24-23(25-15-17(2)28(3)19-10-6-5-7-11-19)26-16-18-14-22(29)27-21-13-9-8-12-20(18)21;/h5-13,17-18H,4,14-16H2,1-3H3,(H,27,29)(H2,24,25,26);1H. The van der Waals surface area contributed by atoms with Crippen molar-refractivity contribution < 1.29 is 4.79 Å². The molecule has 1 heterocycles. The Labute approximate surface area is 196 Å². The number of hydrogen-bond acceptors (Lipinski definition) is 3. The molecule has 0 aliphatic carbocycles. The number of benzene rings is 2. The zero-order chi connectivity index (χ0) is 20.6. The van der Waals surface area contributed by atoms with Crippen molar-refractivity contribution in [2.45, 2.75) is 32.2 Å². The highest BCUT2D eigenvalue weighted by atomic mass is 127. The molecule has 3 rings (SSSR count). The first-order valence-corrected chi connectivity index (χ1v) is 10.3. The van der Waals surface area contributed by atoms with Crippen molar-refractivity contribution in [2.24, 2.45) is 4.99 Å². The molecule has 3 N–H and O–H groups in total. The molecule has 2 unspecified atom stereocenters. The molecule has 1 aliphatic rings. The van der Waals surface area contributed by atoms with Crippen molar-refractivity contribution in [1.29, 1.82) is 0 Å². The van der Waals surface area contributed by atoms with E-state index in [1.807, 2.05) is 36.4 Å². The number of fused-ring (bicyclic) bond motifs is 1. The Morgan fingerprint density at radius 2 is 1.87 bits per heavy atom. The number of nitrogens with one attached hydrogen (secondary N) is 3. The van der Waals surface area contributed by atoms with Gasteiger partial charge in [0.2, 0.25) is 5.91 Å². The van der Waals surface area contributed by atoms with Crippen molar-refractivity contribution in [3.05, 3.63) is 60.2 Å². The Kier molecular flexibility index (Phi) is 9.42. The minimum absolute atomic E-state index is 0. The summed E-state index contributed by atoms with van der Waals surface area (Å²) in [5, 5.41) is 9.69. The summed E-state index contributed by atoms with van der Waals surface area (Å²) in [7, 11) is 2.09. The number of likely N-dealkylation sites (N-methyl/N-ethyl adjacent to an activating group) is 1. The zero-order valence-corrected chi connectivity index (χ0v) is 20.2. The SMILES string of the molecule is CCNC(=NCC(C)N(C)c1ccccc1)NCC1CC(=O)Nc2ccccc21.I. The predicted molar refractivity (Wildman–Crippen MR) is 136 cm³/mol. The lowest BCUT2D eigenvalue weighted by molar-refractivity contribution is -0.116. The third-order valence-electron chi connectivity index (χ3n) is 5.30. The molecule has 2 aromatic rings. The van der Waals surface area contributed by atoms with Crippen molar-refractivity contribution in [3.63, 3.8) is 0 Å². The summed E-state index contributed by atoms with van der Waals surface area (Å²) in [6.07, 6.45) is 0.483. The van der Waals surface area contributed by atoms with Crippen molar-refractivity contribution in [2.75, 3.05) is 36.9 Å². The van der Waals surface area contributed by atoms with Crippen LogP contribution in [0.15, 0.2) is 59.6 Å². The molecule has 2 atom stereocenters. The van der Waals surface area contributed by atoms with E-state index >= 15 is 0 Å². The maximum Gasteiger partial charge on any atom is 0.225 e. The van der Waals surface area contributed by atoms with Crippen LogP contribution in [-0.2, 0) is 4.79 Å². The van der Waals surface area contributed by atoms with Gasteiger partial charge in [-0.25, -0.2) is 0 Å². The number of carbonyl (C=O) groups excluding carboxylic acids is 1. The van der Waals surface area contributed by atoms with Crippen LogP contribution in [0.4, 0.5) is 11.4 Å². The summed E-state index contributed by atoms with van der Waals surface area (Å²) in [6, 6.07) is 18.6. The Morgan fingerprint density at radius 3 is 2.60 bits per heavy atom. The van der Waals surface area contributed by atoms with E-state index in [0.29, 0.717) is 19.5 Å². The first kappa shape index (κ1) is 24.0. The van der Waals surface area contributed by atoms with Crippen molar-refractivity contribution >= 4 is 47.2 Å². The molecular weight excluding hydrogens is 489 g/mol. The van der Waals surface area contributed by atoms with E-state index in [-0.39, 0.29) is 41.8 Å². The van der Waals surface area contributed by atoms with Gasteiger partial charge >= 0.3 is 0 Å². The third-order valence-corrected chi connectivity index (χ3v) is 5.30. The lowest BCUT2D eigenvalue weighted by Crippen LogP contribution is -2.42. The topological polar surface area (TPSA) is 68.8 Å². The second-order valence-electron chi connectivity index (χ2n) is 7.43. The molecule has 7 heteroatoms. The molecule has 162 valence electrons. The number of nitrogens with zero attached hydrogens (tertiary/aromatic N) is 2. The molecule has 1 amide bonds. The Balaban J connectivity index is 0.00000320. The third kappa shape index (κ3) is 6.35. The van der Waals surface area contributed by atoms with Crippen LogP contribution in [-0.4, -0.2) is 44.6 Å². The van der Waals surface area contributed by atoms with E-state index in [2.05, 4.69) is 59.9 Å². The van der Waals surface area contributed by atoms with Crippen molar-refractivity contribution in [3.8, 4) is 0 Å². The van der Waals surface area contributed by atoms with Crippen LogP contribution in [0.5, 0.6) is 0 Å². The van der Waals surface area contributed by atoms with Gasteiger partial charge in [-0.2, -0.15) is 0 Å². The molecule has 6 nitrogen and oxygen atoms in total. The first-order valence-electron chi connectivity index (χ1n) is 10.3. The number of amides is 1. The summed E-state index contributed by atoms with van der Waals surface area (Å²) in [5.74, 6) is 0.980. The number of guanidine groups is 1. The molecule has 2 aromatic carbocycles. The van der Waals surface area contributed by atoms with E-state index in [1.165, 1.54) is 11.3 Å². The fourth-order valence-corrected chi connectivity index (χ4v) is 3.51. The molecular formula is C23H32IN5O. The number of rotatable bonds is 7. The Bertz CT molecular complexity index is 842. The molecule has 0 bridgehead atoms. The fraction of sp³-hybridized carbons (Fsp3) is 0.391. The molecule has 0 spiro atoms. The average Bonchev–Trinajstić information content (AvgIpc) is 2.75. The summed E-state index contributed by atoms with van der Waals surface area (Å²) in [5.41, 5.74) is 3.27. The van der Waals surface area contributed by atoms with E-state index in [1.54, 1.807) is 0 Å². The molecule has 0 radical (unpaired) electrons. The molecule has 0 fully saturated rings. The number of hydrogen-bond donors (Lipinski definition) is 3. The molecule has 30 heavy (non-hydrogen) atoms. The normalized spacial score (nSPS) is 16.6. The van der Waals surface area contributed by atoms with Gasteiger partial charge < -0.3 is 20.9 Å². The van der Waals surface area contributed by atoms with Crippen LogP contribution < -0.4 is 20.9 Å². The average molecular weight is 521 g/mol. The van der Waals surface area contributed by atoms with Crippen LogP contribution in [0.2, 0.25) is 0 Å². The number of para-hydroxylation sites is 2. The van der Waals surface area contributed by atoms with E-state index < -0.39 is 0 Å². The summed E-state index contributed by atoms with van der Waals surface area (Å²) < 4.78 is 0. The number of aliphatic imine (C=N–C) groups is 1. The van der Waals surface area contributed by atoms with Gasteiger partial charge in [0.1, 0.15) is 0 Å².